The molecule has 3 rings (SSSR count). The number of fused-ring (bicyclic) bond motifs is 1. The first-order chi connectivity index (χ1) is 10.6. The molecule has 1 aromatic heterocycles. The maximum absolute atomic E-state index is 12.6. The van der Waals surface area contributed by atoms with E-state index in [1.54, 1.807) is 0 Å². The van der Waals surface area contributed by atoms with Crippen molar-refractivity contribution < 1.29 is 4.79 Å². The fraction of sp³-hybridized carbons (Fsp3) is 0.389. The molecule has 4 heteroatoms. The van der Waals surface area contributed by atoms with Crippen LogP contribution in [0.1, 0.15) is 36.3 Å². The van der Waals surface area contributed by atoms with Gasteiger partial charge in [-0.2, -0.15) is 0 Å². The number of aromatic nitrogens is 1. The minimum Gasteiger partial charge on any atom is -0.345 e. The highest BCUT2D eigenvalue weighted by Crippen LogP contribution is 2.30. The highest BCUT2D eigenvalue weighted by atomic mass is 16.2. The summed E-state index contributed by atoms with van der Waals surface area (Å²) in [7, 11) is 0. The molecule has 0 bridgehead atoms. The molecule has 0 fully saturated rings. The molecule has 0 aliphatic carbocycles. The van der Waals surface area contributed by atoms with Gasteiger partial charge in [0.15, 0.2) is 0 Å². The van der Waals surface area contributed by atoms with Crippen LogP contribution in [0.2, 0.25) is 0 Å². The SMILES string of the molecule is CCC1c2ccc(C)n2CCN1C(=O)Nc1ccc(C)cc1. The number of nitrogens with one attached hydrogen (secondary N) is 1. The topological polar surface area (TPSA) is 37.3 Å². The van der Waals surface area contributed by atoms with Crippen LogP contribution in [0.25, 0.3) is 0 Å². The molecule has 22 heavy (non-hydrogen) atoms. The largest absolute Gasteiger partial charge is 0.345 e. The molecule has 2 heterocycles. The van der Waals surface area contributed by atoms with E-state index in [0.717, 1.165) is 25.2 Å². The molecule has 0 saturated carbocycles. The number of aryl methyl sites for hydroxylation is 2. The summed E-state index contributed by atoms with van der Waals surface area (Å²) in [6, 6.07) is 12.3. The van der Waals surface area contributed by atoms with Crippen molar-refractivity contribution in [3.05, 3.63) is 53.3 Å². The maximum atomic E-state index is 12.6. The fourth-order valence-electron chi connectivity index (χ4n) is 3.21. The van der Waals surface area contributed by atoms with Crippen molar-refractivity contribution in [2.45, 2.75) is 39.8 Å². The number of hydrogen-bond acceptors (Lipinski definition) is 1. The number of amides is 2. The molecule has 0 radical (unpaired) electrons. The van der Waals surface area contributed by atoms with Gasteiger partial charge < -0.3 is 14.8 Å². The molecule has 0 saturated heterocycles. The average molecular weight is 297 g/mol. The van der Waals surface area contributed by atoms with Gasteiger partial charge in [-0.3, -0.25) is 0 Å². The summed E-state index contributed by atoms with van der Waals surface area (Å²) in [5.41, 5.74) is 4.55. The Labute approximate surface area is 131 Å². The van der Waals surface area contributed by atoms with Crippen molar-refractivity contribution in [2.24, 2.45) is 0 Å². The standard InChI is InChI=1S/C18H23N3O/c1-4-16-17-10-7-14(3)20(17)11-12-21(16)18(22)19-15-8-5-13(2)6-9-15/h5-10,16H,4,11-12H2,1-3H3,(H,19,22). The van der Waals surface area contributed by atoms with E-state index < -0.39 is 0 Å². The summed E-state index contributed by atoms with van der Waals surface area (Å²) in [5.74, 6) is 0. The smallest absolute Gasteiger partial charge is 0.322 e. The summed E-state index contributed by atoms with van der Waals surface area (Å²) in [6.45, 7) is 7.91. The first-order valence-electron chi connectivity index (χ1n) is 7.90. The van der Waals surface area contributed by atoms with Crippen LogP contribution < -0.4 is 5.32 Å². The van der Waals surface area contributed by atoms with Crippen molar-refractivity contribution >= 4 is 11.7 Å². The quantitative estimate of drug-likeness (QED) is 0.890. The van der Waals surface area contributed by atoms with Gasteiger partial charge in [0.2, 0.25) is 0 Å². The van der Waals surface area contributed by atoms with E-state index in [2.05, 4.69) is 35.9 Å². The summed E-state index contributed by atoms with van der Waals surface area (Å²) in [4.78, 5) is 14.6. The minimum absolute atomic E-state index is 0.0131. The van der Waals surface area contributed by atoms with Gasteiger partial charge in [-0.25, -0.2) is 4.79 Å². The van der Waals surface area contributed by atoms with Gasteiger partial charge in [0.1, 0.15) is 0 Å². The summed E-state index contributed by atoms with van der Waals surface area (Å²) < 4.78 is 2.32. The van der Waals surface area contributed by atoms with Crippen molar-refractivity contribution in [1.82, 2.24) is 9.47 Å². The molecule has 4 nitrogen and oxygen atoms in total. The Bertz CT molecular complexity index is 672. The Balaban J connectivity index is 1.79. The van der Waals surface area contributed by atoms with E-state index in [1.807, 2.05) is 36.1 Å². The Hall–Kier alpha value is -2.23. The van der Waals surface area contributed by atoms with E-state index in [1.165, 1.54) is 17.0 Å². The van der Waals surface area contributed by atoms with E-state index in [0.29, 0.717) is 0 Å². The summed E-state index contributed by atoms with van der Waals surface area (Å²) in [5, 5.41) is 3.02. The van der Waals surface area contributed by atoms with Crippen LogP contribution in [0.5, 0.6) is 0 Å². The second-order valence-electron chi connectivity index (χ2n) is 5.96. The van der Waals surface area contributed by atoms with Crippen molar-refractivity contribution in [1.29, 1.82) is 0 Å². The summed E-state index contributed by atoms with van der Waals surface area (Å²) >= 11 is 0. The molecule has 1 aromatic carbocycles. The van der Waals surface area contributed by atoms with E-state index in [4.69, 9.17) is 0 Å². The fourth-order valence-corrected chi connectivity index (χ4v) is 3.21. The lowest BCUT2D eigenvalue weighted by Gasteiger charge is -2.37. The Morgan fingerprint density at radius 3 is 2.55 bits per heavy atom. The van der Waals surface area contributed by atoms with Gasteiger partial charge in [0.05, 0.1) is 6.04 Å². The molecular weight excluding hydrogens is 274 g/mol. The number of urea groups is 1. The highest BCUT2D eigenvalue weighted by molar-refractivity contribution is 5.89. The second kappa shape index (κ2) is 5.87. The molecular formula is C18H23N3O. The molecule has 0 spiro atoms. The highest BCUT2D eigenvalue weighted by Gasteiger charge is 2.30. The summed E-state index contributed by atoms with van der Waals surface area (Å²) in [6.07, 6.45) is 0.921. The number of carbonyl (C=O) groups excluding carboxylic acids is 1. The van der Waals surface area contributed by atoms with Crippen LogP contribution in [0.4, 0.5) is 10.5 Å². The van der Waals surface area contributed by atoms with E-state index in [9.17, 15) is 4.79 Å². The third-order valence-electron chi connectivity index (χ3n) is 4.47. The van der Waals surface area contributed by atoms with Crippen LogP contribution in [0.3, 0.4) is 0 Å². The lowest BCUT2D eigenvalue weighted by atomic mass is 10.1. The third-order valence-corrected chi connectivity index (χ3v) is 4.47. The third kappa shape index (κ3) is 2.61. The zero-order valence-corrected chi connectivity index (χ0v) is 13.5. The number of benzene rings is 1. The lowest BCUT2D eigenvalue weighted by molar-refractivity contribution is 0.165. The van der Waals surface area contributed by atoms with Gasteiger partial charge in [0, 0.05) is 30.2 Å². The normalized spacial score (nSPS) is 17.2. The van der Waals surface area contributed by atoms with Gasteiger partial charge in [-0.05, 0) is 44.5 Å². The first-order valence-corrected chi connectivity index (χ1v) is 7.90. The van der Waals surface area contributed by atoms with Crippen LogP contribution in [-0.4, -0.2) is 22.0 Å². The number of anilines is 1. The Morgan fingerprint density at radius 1 is 1.14 bits per heavy atom. The van der Waals surface area contributed by atoms with Crippen molar-refractivity contribution in [3.63, 3.8) is 0 Å². The maximum Gasteiger partial charge on any atom is 0.322 e. The lowest BCUT2D eigenvalue weighted by Crippen LogP contribution is -2.44. The molecule has 2 amide bonds. The van der Waals surface area contributed by atoms with Gasteiger partial charge in [-0.1, -0.05) is 24.6 Å². The predicted molar refractivity (Wildman–Crippen MR) is 89.1 cm³/mol. The van der Waals surface area contributed by atoms with Crippen LogP contribution in [0.15, 0.2) is 36.4 Å². The second-order valence-corrected chi connectivity index (χ2v) is 5.96. The van der Waals surface area contributed by atoms with Crippen LogP contribution >= 0.6 is 0 Å². The minimum atomic E-state index is -0.0131. The molecule has 2 aromatic rings. The van der Waals surface area contributed by atoms with Gasteiger partial charge >= 0.3 is 6.03 Å². The van der Waals surface area contributed by atoms with E-state index >= 15 is 0 Å². The van der Waals surface area contributed by atoms with Crippen LogP contribution in [0, 0.1) is 13.8 Å². The van der Waals surface area contributed by atoms with E-state index in [-0.39, 0.29) is 12.1 Å². The van der Waals surface area contributed by atoms with Gasteiger partial charge in [0.25, 0.3) is 0 Å². The first kappa shape index (κ1) is 14.7. The number of carbonyl (C=O) groups is 1. The van der Waals surface area contributed by atoms with Crippen molar-refractivity contribution in [2.75, 3.05) is 11.9 Å². The Morgan fingerprint density at radius 2 is 1.86 bits per heavy atom. The zero-order valence-electron chi connectivity index (χ0n) is 13.5. The molecule has 1 N–H and O–H groups in total. The molecule has 116 valence electrons. The zero-order chi connectivity index (χ0) is 15.7. The average Bonchev–Trinajstić information content (AvgIpc) is 2.90. The van der Waals surface area contributed by atoms with Crippen molar-refractivity contribution in [3.8, 4) is 0 Å². The molecule has 1 aliphatic rings. The predicted octanol–water partition coefficient (Wildman–Crippen LogP) is 4.10. The van der Waals surface area contributed by atoms with Crippen LogP contribution in [-0.2, 0) is 6.54 Å². The number of hydrogen-bond donors (Lipinski definition) is 1. The number of nitrogens with zero attached hydrogens (tertiary/aromatic N) is 2. The monoisotopic (exact) mass is 297 g/mol. The molecule has 1 unspecified atom stereocenters. The number of rotatable bonds is 2. The van der Waals surface area contributed by atoms with Gasteiger partial charge in [-0.15, -0.1) is 0 Å². The molecule has 1 aliphatic heterocycles. The molecule has 1 atom stereocenters. The Kier molecular flexibility index (Phi) is 3.92.